The molecule has 1 fully saturated rings. The normalized spacial score (nSPS) is 18.1. The Bertz CT molecular complexity index is 540. The lowest BCUT2D eigenvalue weighted by Gasteiger charge is -2.37. The molecule has 1 heterocycles. The first-order valence-electron chi connectivity index (χ1n) is 7.10. The maximum Gasteiger partial charge on any atom is 0.203 e. The molecule has 1 atom stereocenters. The Hall–Kier alpha value is -1.18. The van der Waals surface area contributed by atoms with Crippen LogP contribution in [0, 0.1) is 0 Å². The number of thiocarbonyl (C=S) groups is 1. The Morgan fingerprint density at radius 3 is 2.86 bits per heavy atom. The second-order valence-electron chi connectivity index (χ2n) is 5.03. The number of thioether (sulfide) groups is 1. The van der Waals surface area contributed by atoms with E-state index in [1.807, 2.05) is 18.4 Å². The molecule has 1 aliphatic heterocycles. The molecule has 22 heavy (non-hydrogen) atoms. The summed E-state index contributed by atoms with van der Waals surface area (Å²) < 4.78 is 11.4. The fourth-order valence-corrected chi connectivity index (χ4v) is 3.39. The molecule has 1 aliphatic rings. The van der Waals surface area contributed by atoms with Crippen molar-refractivity contribution < 1.29 is 14.6 Å². The SMILES string of the molecule is COc1ccc(CC2CNCCN2C(=S)SC)c(O)c1OC. The smallest absolute Gasteiger partial charge is 0.203 e. The highest BCUT2D eigenvalue weighted by molar-refractivity contribution is 8.22. The predicted octanol–water partition coefficient (Wildman–Crippen LogP) is 1.87. The summed E-state index contributed by atoms with van der Waals surface area (Å²) in [5.74, 6) is 1.05. The van der Waals surface area contributed by atoms with Gasteiger partial charge in [-0.2, -0.15) is 0 Å². The molecule has 7 heteroatoms. The van der Waals surface area contributed by atoms with E-state index in [-0.39, 0.29) is 11.8 Å². The number of methoxy groups -OCH3 is 2. The van der Waals surface area contributed by atoms with E-state index >= 15 is 0 Å². The summed E-state index contributed by atoms with van der Waals surface area (Å²) >= 11 is 7.03. The van der Waals surface area contributed by atoms with Crippen molar-refractivity contribution in [3.8, 4) is 17.2 Å². The van der Waals surface area contributed by atoms with Crippen LogP contribution in [0.25, 0.3) is 0 Å². The Morgan fingerprint density at radius 2 is 2.23 bits per heavy atom. The topological polar surface area (TPSA) is 54.0 Å². The minimum Gasteiger partial charge on any atom is -0.504 e. The summed E-state index contributed by atoms with van der Waals surface area (Å²) in [5.41, 5.74) is 0.834. The van der Waals surface area contributed by atoms with Crippen LogP contribution in [-0.2, 0) is 6.42 Å². The third-order valence-corrected chi connectivity index (χ3v) is 5.14. The molecule has 2 N–H and O–H groups in total. The average Bonchev–Trinajstić information content (AvgIpc) is 2.56. The number of ether oxygens (including phenoxy) is 2. The van der Waals surface area contributed by atoms with Gasteiger partial charge in [0, 0.05) is 31.2 Å². The van der Waals surface area contributed by atoms with Crippen LogP contribution in [0.1, 0.15) is 5.56 Å². The van der Waals surface area contributed by atoms with Gasteiger partial charge in [-0.15, -0.1) is 11.8 Å². The molecule has 0 amide bonds. The second-order valence-corrected chi connectivity index (χ2v) is 6.47. The number of phenolic OH excluding ortho intramolecular Hbond substituents is 1. The Labute approximate surface area is 141 Å². The molecule has 1 aromatic rings. The molecule has 0 bridgehead atoms. The first-order valence-corrected chi connectivity index (χ1v) is 8.73. The van der Waals surface area contributed by atoms with Gasteiger partial charge in [0.05, 0.1) is 14.2 Å². The van der Waals surface area contributed by atoms with Crippen molar-refractivity contribution in [2.75, 3.05) is 40.1 Å². The van der Waals surface area contributed by atoms with Gasteiger partial charge in [0.1, 0.15) is 4.32 Å². The summed E-state index contributed by atoms with van der Waals surface area (Å²) in [6, 6.07) is 3.92. The number of benzene rings is 1. The number of piperazine rings is 1. The number of rotatable bonds is 4. The maximum absolute atomic E-state index is 10.4. The minimum absolute atomic E-state index is 0.141. The predicted molar refractivity (Wildman–Crippen MR) is 94.4 cm³/mol. The fourth-order valence-electron chi connectivity index (χ4n) is 2.67. The van der Waals surface area contributed by atoms with Crippen LogP contribution in [0.4, 0.5) is 0 Å². The lowest BCUT2D eigenvalue weighted by Crippen LogP contribution is -2.53. The first-order chi connectivity index (χ1) is 10.6. The first kappa shape index (κ1) is 17.2. The van der Waals surface area contributed by atoms with Gasteiger partial charge in [0.15, 0.2) is 11.5 Å². The van der Waals surface area contributed by atoms with E-state index in [2.05, 4.69) is 10.2 Å². The molecular weight excluding hydrogens is 320 g/mol. The van der Waals surface area contributed by atoms with Crippen LogP contribution in [0.15, 0.2) is 12.1 Å². The highest BCUT2D eigenvalue weighted by Gasteiger charge is 2.26. The zero-order chi connectivity index (χ0) is 16.1. The lowest BCUT2D eigenvalue weighted by atomic mass is 10.0. The average molecular weight is 342 g/mol. The van der Waals surface area contributed by atoms with Crippen molar-refractivity contribution in [2.24, 2.45) is 0 Å². The molecule has 0 spiro atoms. The fraction of sp³-hybridized carbons (Fsp3) is 0.533. The van der Waals surface area contributed by atoms with Gasteiger partial charge in [-0.05, 0) is 18.7 Å². The van der Waals surface area contributed by atoms with Crippen molar-refractivity contribution in [2.45, 2.75) is 12.5 Å². The van der Waals surface area contributed by atoms with Crippen molar-refractivity contribution in [1.29, 1.82) is 0 Å². The molecular formula is C15H22N2O3S2. The van der Waals surface area contributed by atoms with Crippen LogP contribution < -0.4 is 14.8 Å². The Morgan fingerprint density at radius 1 is 1.45 bits per heavy atom. The van der Waals surface area contributed by atoms with E-state index in [9.17, 15) is 5.11 Å². The molecule has 0 saturated carbocycles. The number of phenols is 1. The van der Waals surface area contributed by atoms with Gasteiger partial charge >= 0.3 is 0 Å². The monoisotopic (exact) mass is 342 g/mol. The Kier molecular flexibility index (Phi) is 6.16. The van der Waals surface area contributed by atoms with Crippen molar-refractivity contribution >= 4 is 28.3 Å². The summed E-state index contributed by atoms with van der Waals surface area (Å²) in [6.45, 7) is 2.65. The van der Waals surface area contributed by atoms with Gasteiger partial charge in [-0.25, -0.2) is 0 Å². The number of aromatic hydroxyl groups is 1. The zero-order valence-electron chi connectivity index (χ0n) is 13.1. The highest BCUT2D eigenvalue weighted by Crippen LogP contribution is 2.39. The van der Waals surface area contributed by atoms with Crippen molar-refractivity contribution in [3.05, 3.63) is 17.7 Å². The molecule has 1 unspecified atom stereocenters. The molecule has 2 rings (SSSR count). The van der Waals surface area contributed by atoms with Crippen molar-refractivity contribution in [3.63, 3.8) is 0 Å². The van der Waals surface area contributed by atoms with Gasteiger partial charge in [-0.1, -0.05) is 18.3 Å². The maximum atomic E-state index is 10.4. The number of hydrogen-bond acceptors (Lipinski definition) is 6. The van der Waals surface area contributed by atoms with Crippen LogP contribution in [0.3, 0.4) is 0 Å². The van der Waals surface area contributed by atoms with E-state index in [4.69, 9.17) is 21.7 Å². The number of hydrogen-bond donors (Lipinski definition) is 2. The van der Waals surface area contributed by atoms with Crippen LogP contribution in [0.5, 0.6) is 17.2 Å². The summed E-state index contributed by atoms with van der Waals surface area (Å²) in [4.78, 5) is 2.23. The van der Waals surface area contributed by atoms with Crippen LogP contribution in [0.2, 0.25) is 0 Å². The van der Waals surface area contributed by atoms with E-state index in [1.165, 1.54) is 7.11 Å². The summed E-state index contributed by atoms with van der Waals surface area (Å²) in [6.07, 6.45) is 2.69. The van der Waals surface area contributed by atoms with E-state index in [1.54, 1.807) is 18.9 Å². The van der Waals surface area contributed by atoms with Gasteiger partial charge in [0.25, 0.3) is 0 Å². The molecule has 0 aliphatic carbocycles. The molecule has 1 saturated heterocycles. The van der Waals surface area contributed by atoms with E-state index < -0.39 is 0 Å². The lowest BCUT2D eigenvalue weighted by molar-refractivity contribution is 0.261. The van der Waals surface area contributed by atoms with Gasteiger partial charge < -0.3 is 24.8 Å². The standard InChI is InChI=1S/C15H22N2O3S2/c1-19-12-5-4-10(13(18)14(12)20-2)8-11-9-16-6-7-17(11)15(21)22-3/h4-5,11,16,18H,6-9H2,1-3H3. The number of nitrogens with one attached hydrogen (secondary N) is 1. The highest BCUT2D eigenvalue weighted by atomic mass is 32.2. The summed E-state index contributed by atoms with van der Waals surface area (Å²) in [7, 11) is 3.08. The van der Waals surface area contributed by atoms with Gasteiger partial charge in [-0.3, -0.25) is 0 Å². The van der Waals surface area contributed by atoms with Crippen LogP contribution in [-0.4, -0.2) is 60.5 Å². The van der Waals surface area contributed by atoms with Gasteiger partial charge in [0.2, 0.25) is 5.75 Å². The third-order valence-electron chi connectivity index (χ3n) is 3.82. The minimum atomic E-state index is 0.141. The second kappa shape index (κ2) is 7.89. The van der Waals surface area contributed by atoms with E-state index in [0.29, 0.717) is 17.9 Å². The zero-order valence-corrected chi connectivity index (χ0v) is 14.7. The Balaban J connectivity index is 2.23. The molecule has 1 aromatic carbocycles. The molecule has 122 valence electrons. The largest absolute Gasteiger partial charge is 0.504 e. The number of nitrogens with zero attached hydrogens (tertiary/aromatic N) is 1. The summed E-state index contributed by atoms with van der Waals surface area (Å²) in [5, 5.41) is 13.8. The quantitative estimate of drug-likeness (QED) is 0.810. The van der Waals surface area contributed by atoms with Crippen LogP contribution >= 0.6 is 24.0 Å². The van der Waals surface area contributed by atoms with E-state index in [0.717, 1.165) is 29.5 Å². The molecule has 0 radical (unpaired) electrons. The molecule has 5 nitrogen and oxygen atoms in total. The third kappa shape index (κ3) is 3.59. The molecule has 0 aromatic heterocycles. The van der Waals surface area contributed by atoms with Crippen molar-refractivity contribution in [1.82, 2.24) is 10.2 Å².